The number of hydrogen-bond acceptors (Lipinski definition) is 3. The van der Waals surface area contributed by atoms with Crippen molar-refractivity contribution in [2.75, 3.05) is 0 Å². The second kappa shape index (κ2) is 6.11. The van der Waals surface area contributed by atoms with Crippen molar-refractivity contribution in [2.45, 2.75) is 13.1 Å². The lowest BCUT2D eigenvalue weighted by Gasteiger charge is -2.06. The van der Waals surface area contributed by atoms with Crippen molar-refractivity contribution >= 4 is 27.5 Å². The van der Waals surface area contributed by atoms with Gasteiger partial charge in [-0.1, -0.05) is 41.9 Å². The number of halogens is 1. The van der Waals surface area contributed by atoms with E-state index in [-0.39, 0.29) is 30.4 Å². The highest BCUT2D eigenvalue weighted by Crippen LogP contribution is 2.15. The van der Waals surface area contributed by atoms with Gasteiger partial charge in [0.2, 0.25) is 5.91 Å². The molecular formula is C16H13FN2O2S. The molecule has 0 radical (unpaired) electrons. The van der Waals surface area contributed by atoms with Crippen LogP contribution in [0.15, 0.2) is 53.3 Å². The zero-order chi connectivity index (χ0) is 15.5. The second-order valence-electron chi connectivity index (χ2n) is 4.80. The molecule has 0 aliphatic heterocycles. The molecule has 2 aromatic carbocycles. The molecule has 1 aromatic heterocycles. The molecule has 3 rings (SSSR count). The van der Waals surface area contributed by atoms with Crippen LogP contribution in [0.3, 0.4) is 0 Å². The Bertz CT molecular complexity index is 885. The lowest BCUT2D eigenvalue weighted by molar-refractivity contribution is -0.121. The standard InChI is InChI=1S/C16H13FN2O2S/c17-13-7-3-1-5-11(13)9-18-15(20)10-19-16(21)12-6-2-4-8-14(12)22-19/h1-8H,9-10H2,(H,18,20). The van der Waals surface area contributed by atoms with Crippen LogP contribution in [0.4, 0.5) is 4.39 Å². The maximum Gasteiger partial charge on any atom is 0.268 e. The zero-order valence-electron chi connectivity index (χ0n) is 11.6. The van der Waals surface area contributed by atoms with Gasteiger partial charge in [-0.05, 0) is 18.2 Å². The van der Waals surface area contributed by atoms with Crippen LogP contribution >= 0.6 is 11.5 Å². The third kappa shape index (κ3) is 2.92. The molecular weight excluding hydrogens is 303 g/mol. The monoisotopic (exact) mass is 316 g/mol. The molecule has 1 N–H and O–H groups in total. The average molecular weight is 316 g/mol. The first-order chi connectivity index (χ1) is 10.6. The molecule has 6 heteroatoms. The third-order valence-electron chi connectivity index (χ3n) is 3.27. The summed E-state index contributed by atoms with van der Waals surface area (Å²) in [6, 6.07) is 13.5. The van der Waals surface area contributed by atoms with Crippen LogP contribution in [0.1, 0.15) is 5.56 Å². The van der Waals surface area contributed by atoms with Crippen LogP contribution in [-0.2, 0) is 17.9 Å². The first kappa shape index (κ1) is 14.5. The Labute approximate surface area is 130 Å². The first-order valence-corrected chi connectivity index (χ1v) is 7.51. The fourth-order valence-electron chi connectivity index (χ4n) is 2.14. The van der Waals surface area contributed by atoms with Gasteiger partial charge in [0, 0.05) is 12.1 Å². The normalized spacial score (nSPS) is 10.8. The number of nitrogens with zero attached hydrogens (tertiary/aromatic N) is 1. The predicted molar refractivity (Wildman–Crippen MR) is 84.3 cm³/mol. The Balaban J connectivity index is 1.70. The number of aromatic nitrogens is 1. The van der Waals surface area contributed by atoms with Crippen LogP contribution in [0.25, 0.3) is 10.1 Å². The Morgan fingerprint density at radius 3 is 2.64 bits per heavy atom. The Kier molecular flexibility index (Phi) is 4.02. The highest BCUT2D eigenvalue weighted by molar-refractivity contribution is 7.13. The lowest BCUT2D eigenvalue weighted by atomic mass is 10.2. The average Bonchev–Trinajstić information content (AvgIpc) is 2.83. The minimum absolute atomic E-state index is 0.0629. The molecule has 0 aliphatic rings. The smallest absolute Gasteiger partial charge is 0.268 e. The summed E-state index contributed by atoms with van der Waals surface area (Å²) >= 11 is 1.25. The van der Waals surface area contributed by atoms with Gasteiger partial charge in [0.1, 0.15) is 12.4 Å². The van der Waals surface area contributed by atoms with Gasteiger partial charge in [0.05, 0.1) is 10.1 Å². The summed E-state index contributed by atoms with van der Waals surface area (Å²) in [5, 5.41) is 3.23. The highest BCUT2D eigenvalue weighted by Gasteiger charge is 2.11. The molecule has 112 valence electrons. The quantitative estimate of drug-likeness (QED) is 0.804. The van der Waals surface area contributed by atoms with E-state index in [1.54, 1.807) is 30.3 Å². The zero-order valence-corrected chi connectivity index (χ0v) is 12.4. The molecule has 0 aliphatic carbocycles. The van der Waals surface area contributed by atoms with Crippen LogP contribution in [-0.4, -0.2) is 9.86 Å². The van der Waals surface area contributed by atoms with Crippen LogP contribution in [0.5, 0.6) is 0 Å². The van der Waals surface area contributed by atoms with Crippen LogP contribution in [0, 0.1) is 5.82 Å². The minimum atomic E-state index is -0.359. The van der Waals surface area contributed by atoms with Crippen molar-refractivity contribution < 1.29 is 9.18 Å². The molecule has 0 bridgehead atoms. The van der Waals surface area contributed by atoms with E-state index in [0.29, 0.717) is 10.9 Å². The van der Waals surface area contributed by atoms with Gasteiger partial charge in [-0.15, -0.1) is 0 Å². The Hall–Kier alpha value is -2.47. The maximum absolute atomic E-state index is 13.5. The number of hydrogen-bond donors (Lipinski definition) is 1. The van der Waals surface area contributed by atoms with E-state index in [9.17, 15) is 14.0 Å². The van der Waals surface area contributed by atoms with Gasteiger partial charge in [-0.3, -0.25) is 13.5 Å². The topological polar surface area (TPSA) is 51.1 Å². The molecule has 0 fully saturated rings. The summed E-state index contributed by atoms with van der Waals surface area (Å²) in [6.07, 6.45) is 0. The number of carbonyl (C=O) groups excluding carboxylic acids is 1. The van der Waals surface area contributed by atoms with Crippen molar-refractivity contribution in [3.63, 3.8) is 0 Å². The number of benzene rings is 2. The SMILES string of the molecule is O=C(Cn1sc2ccccc2c1=O)NCc1ccccc1F. The summed E-state index contributed by atoms with van der Waals surface area (Å²) in [4.78, 5) is 24.1. The van der Waals surface area contributed by atoms with Gasteiger partial charge < -0.3 is 5.32 Å². The van der Waals surface area contributed by atoms with Crippen molar-refractivity contribution in [1.29, 1.82) is 0 Å². The van der Waals surface area contributed by atoms with Crippen molar-refractivity contribution in [2.24, 2.45) is 0 Å². The fourth-order valence-corrected chi connectivity index (χ4v) is 3.14. The first-order valence-electron chi connectivity index (χ1n) is 6.74. The highest BCUT2D eigenvalue weighted by atomic mass is 32.1. The Morgan fingerprint density at radius 2 is 1.86 bits per heavy atom. The Morgan fingerprint density at radius 1 is 1.14 bits per heavy atom. The van der Waals surface area contributed by atoms with E-state index in [0.717, 1.165) is 4.70 Å². The molecule has 1 heterocycles. The molecule has 3 aromatic rings. The fraction of sp³-hybridized carbons (Fsp3) is 0.125. The van der Waals surface area contributed by atoms with Crippen LogP contribution in [0.2, 0.25) is 0 Å². The second-order valence-corrected chi connectivity index (χ2v) is 5.86. The third-order valence-corrected chi connectivity index (χ3v) is 4.34. The number of nitrogens with one attached hydrogen (secondary N) is 1. The summed E-state index contributed by atoms with van der Waals surface area (Å²) in [7, 11) is 0. The van der Waals surface area contributed by atoms with Gasteiger partial charge >= 0.3 is 0 Å². The van der Waals surface area contributed by atoms with E-state index >= 15 is 0 Å². The molecule has 4 nitrogen and oxygen atoms in total. The van der Waals surface area contributed by atoms with Crippen molar-refractivity contribution in [1.82, 2.24) is 9.27 Å². The maximum atomic E-state index is 13.5. The largest absolute Gasteiger partial charge is 0.350 e. The molecule has 0 unspecified atom stereocenters. The molecule has 22 heavy (non-hydrogen) atoms. The van der Waals surface area contributed by atoms with E-state index in [4.69, 9.17) is 0 Å². The van der Waals surface area contributed by atoms with Crippen molar-refractivity contribution in [3.8, 4) is 0 Å². The van der Waals surface area contributed by atoms with E-state index < -0.39 is 0 Å². The molecule has 0 saturated carbocycles. The number of fused-ring (bicyclic) bond motifs is 1. The number of rotatable bonds is 4. The lowest BCUT2D eigenvalue weighted by Crippen LogP contribution is -2.29. The van der Waals surface area contributed by atoms with E-state index in [2.05, 4.69) is 5.32 Å². The molecule has 0 spiro atoms. The van der Waals surface area contributed by atoms with E-state index in [1.807, 2.05) is 12.1 Å². The van der Waals surface area contributed by atoms with Gasteiger partial charge in [0.15, 0.2) is 0 Å². The summed E-state index contributed by atoms with van der Waals surface area (Å²) in [5.41, 5.74) is 0.237. The summed E-state index contributed by atoms with van der Waals surface area (Å²) in [5.74, 6) is -0.682. The van der Waals surface area contributed by atoms with Crippen molar-refractivity contribution in [3.05, 3.63) is 70.3 Å². The predicted octanol–water partition coefficient (Wildman–Crippen LogP) is 2.52. The number of amides is 1. The molecule has 0 saturated heterocycles. The minimum Gasteiger partial charge on any atom is -0.350 e. The molecule has 1 amide bonds. The van der Waals surface area contributed by atoms with Crippen LogP contribution < -0.4 is 10.9 Å². The molecule has 0 atom stereocenters. The summed E-state index contributed by atoms with van der Waals surface area (Å²) < 4.78 is 15.7. The van der Waals surface area contributed by atoms with Gasteiger partial charge in [-0.25, -0.2) is 4.39 Å². The number of carbonyl (C=O) groups is 1. The van der Waals surface area contributed by atoms with Gasteiger partial charge in [-0.2, -0.15) is 0 Å². The van der Waals surface area contributed by atoms with Gasteiger partial charge in [0.25, 0.3) is 5.56 Å². The van der Waals surface area contributed by atoms with E-state index in [1.165, 1.54) is 21.6 Å². The summed E-state index contributed by atoms with van der Waals surface area (Å²) in [6.45, 7) is 0.0395.